The lowest BCUT2D eigenvalue weighted by Gasteiger charge is -2.20. The molecule has 3 N–H and O–H groups in total. The second-order valence-electron chi connectivity index (χ2n) is 6.30. The molecule has 31 heavy (non-hydrogen) atoms. The van der Waals surface area contributed by atoms with Gasteiger partial charge in [-0.15, -0.1) is 0 Å². The van der Waals surface area contributed by atoms with Crippen LogP contribution in [0.4, 0.5) is 10.5 Å². The highest BCUT2D eigenvalue weighted by Crippen LogP contribution is 2.19. The van der Waals surface area contributed by atoms with Gasteiger partial charge in [0.05, 0.1) is 4.92 Å². The number of esters is 1. The number of rotatable bonds is 7. The van der Waals surface area contributed by atoms with Crippen molar-refractivity contribution >= 4 is 29.5 Å². The summed E-state index contributed by atoms with van der Waals surface area (Å²) in [5.41, 5.74) is 0.0122. The summed E-state index contributed by atoms with van der Waals surface area (Å²) in [6.07, 6.45) is -1.44. The van der Waals surface area contributed by atoms with Gasteiger partial charge >= 0.3 is 12.0 Å². The number of nitrogens with zero attached hydrogens (tertiary/aromatic N) is 1. The molecule has 2 aromatic carbocycles. The number of nitro benzene ring substituents is 1. The molecule has 2 atom stereocenters. The average Bonchev–Trinajstić information content (AvgIpc) is 2.77. The molecule has 0 fully saturated rings. The highest BCUT2D eigenvalue weighted by atomic mass is 16.6. The number of non-ortho nitro benzene ring substituents is 1. The highest BCUT2D eigenvalue weighted by Gasteiger charge is 2.29. The average molecular weight is 428 g/mol. The van der Waals surface area contributed by atoms with Crippen molar-refractivity contribution in [2.24, 2.45) is 0 Å². The van der Waals surface area contributed by atoms with E-state index < -0.39 is 40.9 Å². The first-order valence-corrected chi connectivity index (χ1v) is 9.06. The predicted octanol–water partition coefficient (Wildman–Crippen LogP) is 1.45. The SMILES string of the molecule is CNC(=O)NC(=O)C(OC(=O)C(C)NC(=O)c1cccc([N+](=O)[O-])c1)c1ccccc1. The Hall–Kier alpha value is -4.28. The molecular formula is C20H20N4O7. The molecule has 0 aliphatic carbocycles. The number of hydrogen-bond acceptors (Lipinski definition) is 7. The Bertz CT molecular complexity index is 994. The number of imide groups is 1. The van der Waals surface area contributed by atoms with Crippen LogP contribution in [0.3, 0.4) is 0 Å². The van der Waals surface area contributed by atoms with Crippen molar-refractivity contribution in [3.05, 3.63) is 75.8 Å². The Morgan fingerprint density at radius 1 is 1.03 bits per heavy atom. The first-order chi connectivity index (χ1) is 14.7. The summed E-state index contributed by atoms with van der Waals surface area (Å²) < 4.78 is 5.25. The van der Waals surface area contributed by atoms with Gasteiger partial charge in [0, 0.05) is 30.3 Å². The molecule has 2 rings (SSSR count). The molecule has 0 saturated carbocycles. The van der Waals surface area contributed by atoms with Crippen LogP contribution in [-0.2, 0) is 14.3 Å². The number of benzene rings is 2. The van der Waals surface area contributed by atoms with Gasteiger partial charge in [0.1, 0.15) is 6.04 Å². The lowest BCUT2D eigenvalue weighted by atomic mass is 10.1. The molecule has 162 valence electrons. The molecule has 0 aromatic heterocycles. The number of carbonyl (C=O) groups is 4. The number of carbonyl (C=O) groups excluding carboxylic acids is 4. The van der Waals surface area contributed by atoms with Gasteiger partial charge in [-0.2, -0.15) is 0 Å². The van der Waals surface area contributed by atoms with E-state index in [0.29, 0.717) is 5.56 Å². The Morgan fingerprint density at radius 3 is 2.32 bits per heavy atom. The smallest absolute Gasteiger partial charge is 0.329 e. The summed E-state index contributed by atoms with van der Waals surface area (Å²) >= 11 is 0. The Labute approximate surface area is 176 Å². The van der Waals surface area contributed by atoms with Crippen molar-refractivity contribution in [2.45, 2.75) is 19.1 Å². The monoisotopic (exact) mass is 428 g/mol. The van der Waals surface area contributed by atoms with E-state index >= 15 is 0 Å². The summed E-state index contributed by atoms with van der Waals surface area (Å²) in [5, 5.41) is 17.5. The fraction of sp³-hybridized carbons (Fsp3) is 0.200. The molecule has 0 saturated heterocycles. The minimum atomic E-state index is -1.44. The van der Waals surface area contributed by atoms with Crippen molar-refractivity contribution in [3.63, 3.8) is 0 Å². The maximum absolute atomic E-state index is 12.5. The van der Waals surface area contributed by atoms with Crippen molar-refractivity contribution in [1.82, 2.24) is 16.0 Å². The molecule has 11 heteroatoms. The Balaban J connectivity index is 2.12. The zero-order valence-electron chi connectivity index (χ0n) is 16.7. The summed E-state index contributed by atoms with van der Waals surface area (Å²) in [4.78, 5) is 58.9. The normalized spacial score (nSPS) is 12.1. The van der Waals surface area contributed by atoms with Gasteiger partial charge in [0.2, 0.25) is 6.10 Å². The molecule has 0 spiro atoms. The third-order valence-electron chi connectivity index (χ3n) is 4.06. The number of hydrogen-bond donors (Lipinski definition) is 3. The molecule has 4 amide bonds. The van der Waals surface area contributed by atoms with Crippen molar-refractivity contribution in [2.75, 3.05) is 7.05 Å². The largest absolute Gasteiger partial charge is 0.446 e. The lowest BCUT2D eigenvalue weighted by Crippen LogP contribution is -2.44. The standard InChI is InChI=1S/C20H20N4O7/c1-12(22-17(25)14-9-6-10-15(11-14)24(29)30)19(27)31-16(13-7-4-3-5-8-13)18(26)23-20(28)21-2/h3-12,16H,1-2H3,(H,22,25)(H2,21,23,26,28). The van der Waals surface area contributed by atoms with Crippen LogP contribution >= 0.6 is 0 Å². The first kappa shape index (κ1) is 23.0. The molecule has 11 nitrogen and oxygen atoms in total. The van der Waals surface area contributed by atoms with Gasteiger partial charge in [-0.25, -0.2) is 9.59 Å². The van der Waals surface area contributed by atoms with Gasteiger partial charge < -0.3 is 15.4 Å². The summed E-state index contributed by atoms with van der Waals surface area (Å²) in [5.74, 6) is -2.56. The Morgan fingerprint density at radius 2 is 1.71 bits per heavy atom. The molecule has 2 aromatic rings. The first-order valence-electron chi connectivity index (χ1n) is 9.06. The maximum atomic E-state index is 12.5. The van der Waals surface area contributed by atoms with E-state index in [9.17, 15) is 29.3 Å². The van der Waals surface area contributed by atoms with E-state index in [1.807, 2.05) is 5.32 Å². The highest BCUT2D eigenvalue weighted by molar-refractivity contribution is 5.99. The van der Waals surface area contributed by atoms with Gasteiger partial charge in [-0.1, -0.05) is 36.4 Å². The summed E-state index contributed by atoms with van der Waals surface area (Å²) in [6, 6.07) is 11.0. The van der Waals surface area contributed by atoms with Crippen LogP contribution in [0.25, 0.3) is 0 Å². The van der Waals surface area contributed by atoms with E-state index in [2.05, 4.69) is 10.6 Å². The number of urea groups is 1. The van der Waals surface area contributed by atoms with Crippen LogP contribution in [0.5, 0.6) is 0 Å². The molecule has 0 aliphatic heterocycles. The zero-order valence-corrected chi connectivity index (χ0v) is 16.7. The van der Waals surface area contributed by atoms with Crippen LogP contribution in [0.1, 0.15) is 28.9 Å². The van der Waals surface area contributed by atoms with Gasteiger partial charge in [-0.05, 0) is 13.0 Å². The zero-order chi connectivity index (χ0) is 23.0. The van der Waals surface area contributed by atoms with Crippen LogP contribution in [0.15, 0.2) is 54.6 Å². The second kappa shape index (κ2) is 10.5. The van der Waals surface area contributed by atoms with E-state index in [-0.39, 0.29) is 11.3 Å². The van der Waals surface area contributed by atoms with Crippen LogP contribution in [0, 0.1) is 10.1 Å². The topological polar surface area (TPSA) is 157 Å². The number of ether oxygens (including phenoxy) is 1. The molecular weight excluding hydrogens is 408 g/mol. The van der Waals surface area contributed by atoms with Gasteiger partial charge in [0.15, 0.2) is 0 Å². The fourth-order valence-electron chi connectivity index (χ4n) is 2.46. The summed E-state index contributed by atoms with van der Waals surface area (Å²) in [6.45, 7) is 1.33. The van der Waals surface area contributed by atoms with E-state index in [0.717, 1.165) is 6.07 Å². The van der Waals surface area contributed by atoms with Crippen molar-refractivity contribution in [1.29, 1.82) is 0 Å². The molecule has 0 aliphatic rings. The van der Waals surface area contributed by atoms with E-state index in [1.165, 1.54) is 44.3 Å². The third-order valence-corrected chi connectivity index (χ3v) is 4.06. The molecule has 2 unspecified atom stereocenters. The number of amides is 4. The second-order valence-corrected chi connectivity index (χ2v) is 6.30. The quantitative estimate of drug-likeness (QED) is 0.342. The number of nitrogens with one attached hydrogen (secondary N) is 3. The summed E-state index contributed by atoms with van der Waals surface area (Å²) in [7, 11) is 1.32. The maximum Gasteiger partial charge on any atom is 0.329 e. The van der Waals surface area contributed by atoms with Crippen LogP contribution in [0.2, 0.25) is 0 Å². The fourth-order valence-corrected chi connectivity index (χ4v) is 2.46. The van der Waals surface area contributed by atoms with Gasteiger partial charge in [0.25, 0.3) is 17.5 Å². The van der Waals surface area contributed by atoms with Crippen molar-refractivity contribution < 1.29 is 28.8 Å². The van der Waals surface area contributed by atoms with E-state index in [4.69, 9.17) is 4.74 Å². The predicted molar refractivity (Wildman–Crippen MR) is 108 cm³/mol. The molecule has 0 heterocycles. The van der Waals surface area contributed by atoms with E-state index in [1.54, 1.807) is 18.2 Å². The van der Waals surface area contributed by atoms with Crippen molar-refractivity contribution in [3.8, 4) is 0 Å². The third kappa shape index (κ3) is 6.35. The Kier molecular flexibility index (Phi) is 7.78. The molecule has 0 radical (unpaired) electrons. The minimum Gasteiger partial charge on any atom is -0.446 e. The lowest BCUT2D eigenvalue weighted by molar-refractivity contribution is -0.384. The van der Waals surface area contributed by atoms with Crippen LogP contribution < -0.4 is 16.0 Å². The molecule has 0 bridgehead atoms. The van der Waals surface area contributed by atoms with Gasteiger partial charge in [-0.3, -0.25) is 25.0 Å². The number of nitro groups is 1. The van der Waals surface area contributed by atoms with Crippen LogP contribution in [-0.4, -0.2) is 41.8 Å². The minimum absolute atomic E-state index is 0.0224.